The molecule has 4 rings (SSSR count). The maximum absolute atomic E-state index is 11.6. The second-order valence-corrected chi connectivity index (χ2v) is 8.58. The number of nitrogens with one attached hydrogen (secondary N) is 4. The summed E-state index contributed by atoms with van der Waals surface area (Å²) in [6.07, 6.45) is 2.02. The Hall–Kier alpha value is -2.75. The largest absolute Gasteiger partial charge is 0.446 e. The van der Waals surface area contributed by atoms with Crippen LogP contribution in [0.1, 0.15) is 36.4 Å². The van der Waals surface area contributed by atoms with E-state index in [1.807, 2.05) is 18.2 Å². The number of alkyl carbamates (subject to hydrolysis) is 1. The van der Waals surface area contributed by atoms with Crippen molar-refractivity contribution in [1.82, 2.24) is 15.5 Å². The number of amides is 1. The van der Waals surface area contributed by atoms with Crippen LogP contribution in [-0.4, -0.2) is 37.9 Å². The van der Waals surface area contributed by atoms with Crippen LogP contribution in [0.2, 0.25) is 0 Å². The SMILES string of the molecule is CNC(=O)O[C@@H]1CC[C@H](c2cc(Nc3ccc4c(c3)CS(=O)(=O)N4)n[nH]2)C1. The van der Waals surface area contributed by atoms with E-state index in [9.17, 15) is 13.2 Å². The van der Waals surface area contributed by atoms with Crippen LogP contribution < -0.4 is 15.4 Å². The van der Waals surface area contributed by atoms with Crippen molar-refractivity contribution in [2.24, 2.45) is 0 Å². The van der Waals surface area contributed by atoms with Crippen LogP contribution in [0.25, 0.3) is 0 Å². The molecule has 0 radical (unpaired) electrons. The van der Waals surface area contributed by atoms with Gasteiger partial charge in [-0.2, -0.15) is 5.10 Å². The quantitative estimate of drug-likeness (QED) is 0.634. The summed E-state index contributed by atoms with van der Waals surface area (Å²) < 4.78 is 31.1. The van der Waals surface area contributed by atoms with Crippen LogP contribution in [0, 0.1) is 0 Å². The van der Waals surface area contributed by atoms with E-state index >= 15 is 0 Å². The zero-order valence-electron chi connectivity index (χ0n) is 14.8. The topological polar surface area (TPSA) is 125 Å². The fourth-order valence-electron chi connectivity index (χ4n) is 3.60. The first-order valence-corrected chi connectivity index (χ1v) is 10.4. The number of hydrogen-bond acceptors (Lipinski definition) is 6. The third kappa shape index (κ3) is 3.85. The van der Waals surface area contributed by atoms with Crippen molar-refractivity contribution in [3.63, 3.8) is 0 Å². The first-order chi connectivity index (χ1) is 12.9. The summed E-state index contributed by atoms with van der Waals surface area (Å²) >= 11 is 0. The van der Waals surface area contributed by atoms with E-state index in [-0.39, 0.29) is 17.8 Å². The van der Waals surface area contributed by atoms with Crippen molar-refractivity contribution in [3.05, 3.63) is 35.5 Å². The number of benzene rings is 1. The Bertz CT molecular complexity index is 971. The molecule has 10 heteroatoms. The standard InChI is InChI=1S/C17H21N5O4S/c1-18-17(23)26-13-4-2-10(7-13)15-8-16(21-20-15)19-12-3-5-14-11(6-12)9-27(24,25)22-14/h3,5-6,8,10,13,22H,2,4,7,9H2,1H3,(H,18,23)(H2,19,20,21)/t10-,13+/m0/s1. The average molecular weight is 391 g/mol. The first-order valence-electron chi connectivity index (χ1n) is 8.76. The highest BCUT2D eigenvalue weighted by Crippen LogP contribution is 2.36. The van der Waals surface area contributed by atoms with E-state index < -0.39 is 16.1 Å². The highest BCUT2D eigenvalue weighted by molar-refractivity contribution is 7.92. The van der Waals surface area contributed by atoms with Gasteiger partial charge in [0.15, 0.2) is 5.82 Å². The van der Waals surface area contributed by atoms with Crippen molar-refractivity contribution in [2.45, 2.75) is 37.0 Å². The van der Waals surface area contributed by atoms with E-state index in [4.69, 9.17) is 4.74 Å². The number of nitrogens with zero attached hydrogens (tertiary/aromatic N) is 1. The van der Waals surface area contributed by atoms with Crippen molar-refractivity contribution >= 4 is 33.3 Å². The minimum atomic E-state index is -3.26. The summed E-state index contributed by atoms with van der Waals surface area (Å²) in [5, 5.41) is 13.0. The van der Waals surface area contributed by atoms with Crippen molar-refractivity contribution in [2.75, 3.05) is 17.1 Å². The number of aromatic nitrogens is 2. The van der Waals surface area contributed by atoms with E-state index in [0.29, 0.717) is 11.5 Å². The number of H-pyrrole nitrogens is 1. The maximum Gasteiger partial charge on any atom is 0.407 e. The van der Waals surface area contributed by atoms with Crippen LogP contribution in [-0.2, 0) is 20.5 Å². The van der Waals surface area contributed by atoms with Crippen molar-refractivity contribution < 1.29 is 17.9 Å². The first kappa shape index (κ1) is 17.7. The molecule has 2 aromatic rings. The van der Waals surface area contributed by atoms with E-state index in [1.165, 1.54) is 0 Å². The number of rotatable bonds is 4. The summed E-state index contributed by atoms with van der Waals surface area (Å²) in [7, 11) is -1.71. The molecule has 27 heavy (non-hydrogen) atoms. The molecule has 1 saturated carbocycles. The minimum absolute atomic E-state index is 0.0154. The van der Waals surface area contributed by atoms with E-state index in [2.05, 4.69) is 25.6 Å². The van der Waals surface area contributed by atoms with Crippen LogP contribution in [0.3, 0.4) is 0 Å². The van der Waals surface area contributed by atoms with E-state index in [0.717, 1.165) is 36.2 Å². The Morgan fingerprint density at radius 1 is 1.30 bits per heavy atom. The van der Waals surface area contributed by atoms with Gasteiger partial charge in [0.05, 0.1) is 11.4 Å². The van der Waals surface area contributed by atoms with Crippen LogP contribution >= 0.6 is 0 Å². The lowest BCUT2D eigenvalue weighted by Crippen LogP contribution is -2.24. The number of hydrogen-bond donors (Lipinski definition) is 4. The van der Waals surface area contributed by atoms with Gasteiger partial charge in [0, 0.05) is 30.4 Å². The molecular formula is C17H21N5O4S. The molecule has 1 aromatic carbocycles. The zero-order chi connectivity index (χ0) is 19.0. The lowest BCUT2D eigenvalue weighted by Gasteiger charge is -2.11. The number of carbonyl (C=O) groups excluding carboxylic acids is 1. The van der Waals surface area contributed by atoms with Gasteiger partial charge >= 0.3 is 6.09 Å². The lowest BCUT2D eigenvalue weighted by molar-refractivity contribution is 0.102. The monoisotopic (exact) mass is 391 g/mol. The summed E-state index contributed by atoms with van der Waals surface area (Å²) in [6.45, 7) is 0. The third-order valence-electron chi connectivity index (χ3n) is 4.89. The summed E-state index contributed by atoms with van der Waals surface area (Å²) in [6, 6.07) is 7.30. The Balaban J connectivity index is 1.40. The highest BCUT2D eigenvalue weighted by atomic mass is 32.2. The molecule has 9 nitrogen and oxygen atoms in total. The van der Waals surface area contributed by atoms with Crippen LogP contribution in [0.15, 0.2) is 24.3 Å². The van der Waals surface area contributed by atoms with Crippen molar-refractivity contribution in [3.8, 4) is 0 Å². The molecule has 1 aliphatic heterocycles. The molecule has 144 valence electrons. The van der Waals surface area contributed by atoms with Crippen molar-refractivity contribution in [1.29, 1.82) is 0 Å². The molecule has 0 spiro atoms. The fraction of sp³-hybridized carbons (Fsp3) is 0.412. The minimum Gasteiger partial charge on any atom is -0.446 e. The van der Waals surface area contributed by atoms with Crippen LogP contribution in [0.5, 0.6) is 0 Å². The maximum atomic E-state index is 11.6. The predicted octanol–water partition coefficient (Wildman–Crippen LogP) is 2.40. The lowest BCUT2D eigenvalue weighted by atomic mass is 10.0. The molecule has 2 atom stereocenters. The normalized spacial score (nSPS) is 22.7. The highest BCUT2D eigenvalue weighted by Gasteiger charge is 2.30. The Labute approximate surface area is 156 Å². The second-order valence-electron chi connectivity index (χ2n) is 6.85. The number of fused-ring (bicyclic) bond motifs is 1. The number of anilines is 3. The van der Waals surface area contributed by atoms with Gasteiger partial charge in [0.2, 0.25) is 10.0 Å². The Morgan fingerprint density at radius 2 is 2.15 bits per heavy atom. The van der Waals surface area contributed by atoms with Gasteiger partial charge in [-0.15, -0.1) is 0 Å². The van der Waals surface area contributed by atoms with Gasteiger partial charge in [0.1, 0.15) is 6.10 Å². The molecule has 2 heterocycles. The number of ether oxygens (including phenoxy) is 1. The van der Waals surface area contributed by atoms with Gasteiger partial charge in [-0.1, -0.05) is 0 Å². The molecule has 2 aliphatic rings. The predicted molar refractivity (Wildman–Crippen MR) is 100 cm³/mol. The Kier molecular flexibility index (Phi) is 4.42. The molecule has 0 unspecified atom stereocenters. The molecule has 1 fully saturated rings. The summed E-state index contributed by atoms with van der Waals surface area (Å²) in [5.74, 6) is 0.907. The molecular weight excluding hydrogens is 370 g/mol. The molecule has 4 N–H and O–H groups in total. The summed E-state index contributed by atoms with van der Waals surface area (Å²) in [4.78, 5) is 11.3. The number of sulfonamides is 1. The van der Waals surface area contributed by atoms with Gasteiger partial charge in [-0.05, 0) is 43.0 Å². The second kappa shape index (κ2) is 6.76. The van der Waals surface area contributed by atoms with Gasteiger partial charge < -0.3 is 15.4 Å². The van der Waals surface area contributed by atoms with Gasteiger partial charge in [0.25, 0.3) is 0 Å². The average Bonchev–Trinajstić information content (AvgIpc) is 3.32. The smallest absolute Gasteiger partial charge is 0.407 e. The fourth-order valence-corrected chi connectivity index (χ4v) is 4.85. The number of aromatic amines is 1. The number of carbonyl (C=O) groups is 1. The Morgan fingerprint density at radius 3 is 2.96 bits per heavy atom. The molecule has 0 saturated heterocycles. The molecule has 1 aromatic heterocycles. The van der Waals surface area contributed by atoms with Gasteiger partial charge in [-0.3, -0.25) is 9.82 Å². The molecule has 0 bridgehead atoms. The van der Waals surface area contributed by atoms with Gasteiger partial charge in [-0.25, -0.2) is 13.2 Å². The molecule has 1 amide bonds. The van der Waals surface area contributed by atoms with Crippen LogP contribution in [0.4, 0.5) is 22.0 Å². The van der Waals surface area contributed by atoms with E-state index in [1.54, 1.807) is 13.1 Å². The zero-order valence-corrected chi connectivity index (χ0v) is 15.6. The summed E-state index contributed by atoms with van der Waals surface area (Å²) in [5.41, 5.74) is 3.13. The molecule has 1 aliphatic carbocycles. The third-order valence-corrected chi connectivity index (χ3v) is 6.11.